The Bertz CT molecular complexity index is 856. The summed E-state index contributed by atoms with van der Waals surface area (Å²) in [7, 11) is -0.284. The van der Waals surface area contributed by atoms with E-state index in [1.165, 1.54) is 21.5 Å². The standard InChI is InChI=1S/C19H19BO2/c1-13-19(2,3)22-20(21-13)16-11-10-15-9-8-14-6-4-5-7-17(14)18(15)12-16/h4-13H,1-3H3. The minimum atomic E-state index is -0.284. The second kappa shape index (κ2) is 4.84. The molecule has 0 bridgehead atoms. The van der Waals surface area contributed by atoms with Gasteiger partial charge in [-0.25, -0.2) is 0 Å². The molecule has 0 aliphatic carbocycles. The van der Waals surface area contributed by atoms with Crippen LogP contribution in [0.25, 0.3) is 21.5 Å². The molecule has 0 radical (unpaired) electrons. The average Bonchev–Trinajstić information content (AvgIpc) is 2.80. The molecule has 4 rings (SSSR count). The predicted octanol–water partition coefficient (Wildman–Crippen LogP) is 3.90. The molecule has 0 amide bonds. The summed E-state index contributed by atoms with van der Waals surface area (Å²) >= 11 is 0. The highest BCUT2D eigenvalue weighted by Crippen LogP contribution is 2.28. The van der Waals surface area contributed by atoms with Crippen molar-refractivity contribution in [3.05, 3.63) is 54.6 Å². The molecular formula is C19H19BO2. The Morgan fingerprint density at radius 2 is 1.59 bits per heavy atom. The highest BCUT2D eigenvalue weighted by atomic mass is 16.7. The first-order valence-electron chi connectivity index (χ1n) is 7.79. The van der Waals surface area contributed by atoms with Gasteiger partial charge in [-0.1, -0.05) is 54.6 Å². The van der Waals surface area contributed by atoms with Gasteiger partial charge in [-0.15, -0.1) is 0 Å². The van der Waals surface area contributed by atoms with E-state index in [9.17, 15) is 0 Å². The lowest BCUT2D eigenvalue weighted by Gasteiger charge is -2.21. The summed E-state index contributed by atoms with van der Waals surface area (Å²) in [6.07, 6.45) is 0.0840. The fourth-order valence-electron chi connectivity index (χ4n) is 3.06. The Kier molecular flexibility index (Phi) is 3.03. The minimum absolute atomic E-state index is 0.0840. The van der Waals surface area contributed by atoms with Crippen LogP contribution in [-0.4, -0.2) is 18.8 Å². The third kappa shape index (κ3) is 2.13. The number of hydrogen-bond acceptors (Lipinski definition) is 2. The fourth-order valence-corrected chi connectivity index (χ4v) is 3.06. The van der Waals surface area contributed by atoms with Crippen molar-refractivity contribution in [2.75, 3.05) is 0 Å². The molecule has 1 heterocycles. The summed E-state index contributed by atoms with van der Waals surface area (Å²) < 4.78 is 12.1. The SMILES string of the molecule is CC1OB(c2ccc3ccc4ccccc4c3c2)OC1(C)C. The van der Waals surface area contributed by atoms with Crippen LogP contribution in [0, 0.1) is 0 Å². The van der Waals surface area contributed by atoms with Crippen LogP contribution in [0.4, 0.5) is 0 Å². The summed E-state index contributed by atoms with van der Waals surface area (Å²) in [6.45, 7) is 6.22. The Balaban J connectivity index is 1.85. The Morgan fingerprint density at radius 1 is 0.909 bits per heavy atom. The maximum absolute atomic E-state index is 6.09. The molecule has 3 aromatic rings. The third-order valence-corrected chi connectivity index (χ3v) is 4.76. The van der Waals surface area contributed by atoms with Gasteiger partial charge in [-0.05, 0) is 47.8 Å². The van der Waals surface area contributed by atoms with Gasteiger partial charge in [0.25, 0.3) is 0 Å². The van der Waals surface area contributed by atoms with Crippen molar-refractivity contribution in [2.24, 2.45) is 0 Å². The van der Waals surface area contributed by atoms with Gasteiger partial charge in [-0.3, -0.25) is 0 Å². The molecular weight excluding hydrogens is 271 g/mol. The first-order valence-corrected chi connectivity index (χ1v) is 7.79. The van der Waals surface area contributed by atoms with Gasteiger partial charge in [0.1, 0.15) is 0 Å². The van der Waals surface area contributed by atoms with E-state index in [0.29, 0.717) is 0 Å². The summed E-state index contributed by atoms with van der Waals surface area (Å²) in [5.74, 6) is 0. The molecule has 1 aliphatic rings. The first kappa shape index (κ1) is 13.8. The van der Waals surface area contributed by atoms with Crippen molar-refractivity contribution in [3.8, 4) is 0 Å². The van der Waals surface area contributed by atoms with Gasteiger partial charge in [0, 0.05) is 0 Å². The second-order valence-corrected chi connectivity index (χ2v) is 6.60. The second-order valence-electron chi connectivity index (χ2n) is 6.60. The lowest BCUT2D eigenvalue weighted by Crippen LogP contribution is -2.34. The maximum Gasteiger partial charge on any atom is 0.494 e. The van der Waals surface area contributed by atoms with E-state index in [2.05, 4.69) is 75.4 Å². The molecule has 110 valence electrons. The highest BCUT2D eigenvalue weighted by molar-refractivity contribution is 6.62. The highest BCUT2D eigenvalue weighted by Gasteiger charge is 2.43. The van der Waals surface area contributed by atoms with E-state index < -0.39 is 0 Å². The molecule has 1 unspecified atom stereocenters. The fraction of sp³-hybridized carbons (Fsp3) is 0.263. The summed E-state index contributed by atoms with van der Waals surface area (Å²) in [4.78, 5) is 0. The Hall–Kier alpha value is -1.84. The molecule has 3 heteroatoms. The van der Waals surface area contributed by atoms with Crippen molar-refractivity contribution in [1.82, 2.24) is 0 Å². The molecule has 1 aliphatic heterocycles. The first-order chi connectivity index (χ1) is 10.5. The van der Waals surface area contributed by atoms with Crippen LogP contribution in [-0.2, 0) is 9.31 Å². The number of benzene rings is 3. The topological polar surface area (TPSA) is 18.5 Å². The van der Waals surface area contributed by atoms with E-state index in [4.69, 9.17) is 9.31 Å². The van der Waals surface area contributed by atoms with E-state index in [-0.39, 0.29) is 18.8 Å². The largest absolute Gasteiger partial charge is 0.494 e. The summed E-state index contributed by atoms with van der Waals surface area (Å²) in [5, 5.41) is 5.02. The van der Waals surface area contributed by atoms with E-state index in [0.717, 1.165) is 5.46 Å². The summed E-state index contributed by atoms with van der Waals surface area (Å²) in [5.41, 5.74) is 0.833. The zero-order valence-electron chi connectivity index (χ0n) is 13.2. The zero-order chi connectivity index (χ0) is 15.3. The van der Waals surface area contributed by atoms with E-state index >= 15 is 0 Å². The van der Waals surface area contributed by atoms with Crippen molar-refractivity contribution < 1.29 is 9.31 Å². The molecule has 0 N–H and O–H groups in total. The van der Waals surface area contributed by atoms with Crippen molar-refractivity contribution in [3.63, 3.8) is 0 Å². The summed E-state index contributed by atoms with van der Waals surface area (Å²) in [6, 6.07) is 19.3. The molecule has 0 spiro atoms. The van der Waals surface area contributed by atoms with Crippen LogP contribution < -0.4 is 5.46 Å². The monoisotopic (exact) mass is 290 g/mol. The zero-order valence-corrected chi connectivity index (χ0v) is 13.2. The number of fused-ring (bicyclic) bond motifs is 3. The smallest absolute Gasteiger partial charge is 0.402 e. The van der Waals surface area contributed by atoms with Crippen LogP contribution in [0.5, 0.6) is 0 Å². The molecule has 0 aromatic heterocycles. The normalized spacial score (nSPS) is 20.9. The van der Waals surface area contributed by atoms with Crippen LogP contribution in [0.15, 0.2) is 54.6 Å². The van der Waals surface area contributed by atoms with Gasteiger partial charge < -0.3 is 9.31 Å². The van der Waals surface area contributed by atoms with E-state index in [1.54, 1.807) is 0 Å². The van der Waals surface area contributed by atoms with Crippen molar-refractivity contribution in [1.29, 1.82) is 0 Å². The van der Waals surface area contributed by atoms with Gasteiger partial charge in [-0.2, -0.15) is 0 Å². The number of rotatable bonds is 1. The van der Waals surface area contributed by atoms with Crippen LogP contribution >= 0.6 is 0 Å². The van der Waals surface area contributed by atoms with Crippen LogP contribution in [0.1, 0.15) is 20.8 Å². The number of hydrogen-bond donors (Lipinski definition) is 0. The molecule has 22 heavy (non-hydrogen) atoms. The van der Waals surface area contributed by atoms with Gasteiger partial charge in [0.15, 0.2) is 0 Å². The quantitative estimate of drug-likeness (QED) is 0.500. The van der Waals surface area contributed by atoms with Gasteiger partial charge in [0.2, 0.25) is 0 Å². The molecule has 1 fully saturated rings. The Morgan fingerprint density at radius 3 is 2.32 bits per heavy atom. The predicted molar refractivity (Wildman–Crippen MR) is 92.6 cm³/mol. The lowest BCUT2D eigenvalue weighted by atomic mass is 9.78. The van der Waals surface area contributed by atoms with Crippen molar-refractivity contribution >= 4 is 34.1 Å². The molecule has 1 atom stereocenters. The molecule has 0 saturated carbocycles. The molecule has 2 nitrogen and oxygen atoms in total. The Labute approximate surface area is 131 Å². The average molecular weight is 290 g/mol. The van der Waals surface area contributed by atoms with Gasteiger partial charge in [0.05, 0.1) is 11.7 Å². The van der Waals surface area contributed by atoms with Gasteiger partial charge >= 0.3 is 7.12 Å². The van der Waals surface area contributed by atoms with Crippen LogP contribution in [0.2, 0.25) is 0 Å². The molecule has 3 aromatic carbocycles. The minimum Gasteiger partial charge on any atom is -0.402 e. The maximum atomic E-state index is 6.09. The van der Waals surface area contributed by atoms with E-state index in [1.807, 2.05) is 0 Å². The third-order valence-electron chi connectivity index (χ3n) is 4.76. The molecule has 1 saturated heterocycles. The lowest BCUT2D eigenvalue weighted by molar-refractivity contribution is 0.0842. The van der Waals surface area contributed by atoms with Crippen molar-refractivity contribution in [2.45, 2.75) is 32.5 Å². The van der Waals surface area contributed by atoms with Crippen LogP contribution in [0.3, 0.4) is 0 Å².